The maximum absolute atomic E-state index is 12.3. The monoisotopic (exact) mass is 505 g/mol. The number of nitrogens with two attached hydrogens (primary N) is 1. The van der Waals surface area contributed by atoms with Crippen LogP contribution in [0.5, 0.6) is 11.5 Å². The molecule has 0 radical (unpaired) electrons. The fourth-order valence-electron chi connectivity index (χ4n) is 2.38. The quantitative estimate of drug-likeness (QED) is 0.175. The van der Waals surface area contributed by atoms with Gasteiger partial charge in [0.25, 0.3) is 5.95 Å². The summed E-state index contributed by atoms with van der Waals surface area (Å²) in [6, 6.07) is 12.8. The van der Waals surface area contributed by atoms with Gasteiger partial charge >= 0.3 is 0 Å². The molecule has 10 nitrogen and oxygen atoms in total. The Morgan fingerprint density at radius 3 is 2.71 bits per heavy atom. The van der Waals surface area contributed by atoms with Crippen molar-refractivity contribution >= 4 is 51.4 Å². The standard InChI is InChI=1S/C19H20BrN7O3S/c1-29-14-7-8-15(16(9-14)30-2)23-17(28)11-31-19-26-25-18(27(19)21)24-22-10-12-3-5-13(20)6-4-12/h3-10H,11,21H2,1-2H3,(H,23,28)(H,24,25)/b22-10+. The molecule has 0 spiro atoms. The summed E-state index contributed by atoms with van der Waals surface area (Å²) in [6.45, 7) is 0. The first-order valence-corrected chi connectivity index (χ1v) is 10.7. The van der Waals surface area contributed by atoms with E-state index in [0.717, 1.165) is 21.8 Å². The molecule has 1 amide bonds. The lowest BCUT2D eigenvalue weighted by Crippen LogP contribution is -2.17. The zero-order valence-corrected chi connectivity index (χ0v) is 19.1. The van der Waals surface area contributed by atoms with Crippen LogP contribution >= 0.6 is 27.7 Å². The van der Waals surface area contributed by atoms with E-state index in [0.29, 0.717) is 22.3 Å². The van der Waals surface area contributed by atoms with E-state index in [2.05, 4.69) is 42.0 Å². The molecule has 2 aromatic carbocycles. The highest BCUT2D eigenvalue weighted by Gasteiger charge is 2.13. The third kappa shape index (κ3) is 6.12. The molecule has 1 aromatic heterocycles. The predicted molar refractivity (Wildman–Crippen MR) is 124 cm³/mol. The summed E-state index contributed by atoms with van der Waals surface area (Å²) in [5.41, 5.74) is 4.17. The number of aromatic nitrogens is 3. The zero-order valence-electron chi connectivity index (χ0n) is 16.7. The topological polar surface area (TPSA) is 129 Å². The van der Waals surface area contributed by atoms with Gasteiger partial charge in [-0.25, -0.2) is 10.1 Å². The van der Waals surface area contributed by atoms with Crippen LogP contribution in [0.4, 0.5) is 11.6 Å². The Hall–Kier alpha value is -3.25. The minimum Gasteiger partial charge on any atom is -0.497 e. The molecule has 3 rings (SSSR count). The Kier molecular flexibility index (Phi) is 7.73. The number of hydrazone groups is 1. The van der Waals surface area contributed by atoms with Gasteiger partial charge in [-0.15, -0.1) is 10.2 Å². The van der Waals surface area contributed by atoms with Crippen molar-refractivity contribution in [3.05, 3.63) is 52.5 Å². The molecule has 0 fully saturated rings. The molecule has 162 valence electrons. The summed E-state index contributed by atoms with van der Waals surface area (Å²) in [7, 11) is 3.08. The lowest BCUT2D eigenvalue weighted by molar-refractivity contribution is -0.113. The average Bonchev–Trinajstić information content (AvgIpc) is 3.13. The summed E-state index contributed by atoms with van der Waals surface area (Å²) in [5.74, 6) is 7.17. The van der Waals surface area contributed by atoms with Crippen LogP contribution in [0.2, 0.25) is 0 Å². The number of hydrogen-bond acceptors (Lipinski definition) is 9. The maximum atomic E-state index is 12.3. The van der Waals surface area contributed by atoms with E-state index in [1.54, 1.807) is 31.5 Å². The van der Waals surface area contributed by atoms with Crippen LogP contribution in [0.1, 0.15) is 5.56 Å². The molecule has 0 atom stereocenters. The van der Waals surface area contributed by atoms with Gasteiger partial charge < -0.3 is 20.6 Å². The van der Waals surface area contributed by atoms with Crippen LogP contribution in [0.3, 0.4) is 0 Å². The van der Waals surface area contributed by atoms with Crippen LogP contribution in [-0.4, -0.2) is 47.0 Å². The number of benzene rings is 2. The second-order valence-electron chi connectivity index (χ2n) is 6.00. The lowest BCUT2D eigenvalue weighted by atomic mass is 10.2. The van der Waals surface area contributed by atoms with E-state index < -0.39 is 0 Å². The van der Waals surface area contributed by atoms with Gasteiger partial charge in [-0.05, 0) is 29.8 Å². The molecule has 0 aliphatic heterocycles. The number of methoxy groups -OCH3 is 2. The van der Waals surface area contributed by atoms with E-state index in [1.807, 2.05) is 24.3 Å². The van der Waals surface area contributed by atoms with Crippen LogP contribution in [0.25, 0.3) is 0 Å². The fourth-order valence-corrected chi connectivity index (χ4v) is 3.30. The molecule has 3 aromatic rings. The Morgan fingerprint density at radius 2 is 2.00 bits per heavy atom. The minimum atomic E-state index is -0.251. The first kappa shape index (κ1) is 22.4. The number of halogens is 1. The number of hydrogen-bond donors (Lipinski definition) is 3. The molecule has 0 bridgehead atoms. The highest BCUT2D eigenvalue weighted by atomic mass is 79.9. The SMILES string of the molecule is COc1ccc(NC(=O)CSc2nnc(N/N=C/c3ccc(Br)cc3)n2N)c(OC)c1. The minimum absolute atomic E-state index is 0.0761. The zero-order chi connectivity index (χ0) is 22.2. The van der Waals surface area contributed by atoms with Gasteiger partial charge in [-0.3, -0.25) is 4.79 Å². The first-order valence-electron chi connectivity index (χ1n) is 8.90. The number of anilines is 2. The second kappa shape index (κ2) is 10.7. The van der Waals surface area contributed by atoms with Crippen LogP contribution in [-0.2, 0) is 4.79 Å². The second-order valence-corrected chi connectivity index (χ2v) is 7.86. The molecule has 0 unspecified atom stereocenters. The third-order valence-electron chi connectivity index (χ3n) is 3.93. The van der Waals surface area contributed by atoms with Gasteiger partial charge in [0.15, 0.2) is 0 Å². The molecule has 12 heteroatoms. The van der Waals surface area contributed by atoms with E-state index in [1.165, 1.54) is 11.8 Å². The number of thioether (sulfide) groups is 1. The van der Waals surface area contributed by atoms with Crippen molar-refractivity contribution < 1.29 is 14.3 Å². The Bertz CT molecular complexity index is 1070. The summed E-state index contributed by atoms with van der Waals surface area (Å²) in [6.07, 6.45) is 1.63. The summed E-state index contributed by atoms with van der Waals surface area (Å²) >= 11 is 4.52. The molecule has 0 aliphatic carbocycles. The molecular formula is C19H20BrN7O3S. The van der Waals surface area contributed by atoms with Crippen molar-refractivity contribution in [3.63, 3.8) is 0 Å². The first-order chi connectivity index (χ1) is 15.0. The number of ether oxygens (including phenoxy) is 2. The van der Waals surface area contributed by atoms with E-state index in [4.69, 9.17) is 15.3 Å². The van der Waals surface area contributed by atoms with Gasteiger partial charge in [0.2, 0.25) is 11.1 Å². The highest BCUT2D eigenvalue weighted by Crippen LogP contribution is 2.29. The molecule has 0 aliphatic rings. The molecule has 0 saturated heterocycles. The van der Waals surface area contributed by atoms with Crippen molar-refractivity contribution in [2.24, 2.45) is 5.10 Å². The molecule has 31 heavy (non-hydrogen) atoms. The van der Waals surface area contributed by atoms with Crippen molar-refractivity contribution in [2.45, 2.75) is 5.16 Å². The van der Waals surface area contributed by atoms with Crippen molar-refractivity contribution in [1.82, 2.24) is 14.9 Å². The Morgan fingerprint density at radius 1 is 1.23 bits per heavy atom. The number of nitrogen functional groups attached to an aromatic ring is 1. The summed E-state index contributed by atoms with van der Waals surface area (Å²) in [4.78, 5) is 12.3. The van der Waals surface area contributed by atoms with E-state index >= 15 is 0 Å². The van der Waals surface area contributed by atoms with Crippen LogP contribution < -0.4 is 26.1 Å². The highest BCUT2D eigenvalue weighted by molar-refractivity contribution is 9.10. The third-order valence-corrected chi connectivity index (χ3v) is 5.40. The lowest BCUT2D eigenvalue weighted by Gasteiger charge is -2.11. The normalized spacial score (nSPS) is 10.8. The number of nitrogens with zero attached hydrogens (tertiary/aromatic N) is 4. The number of rotatable bonds is 9. The molecule has 4 N–H and O–H groups in total. The molecule has 1 heterocycles. The summed E-state index contributed by atoms with van der Waals surface area (Å²) < 4.78 is 12.6. The van der Waals surface area contributed by atoms with Crippen molar-refractivity contribution in [1.29, 1.82) is 0 Å². The van der Waals surface area contributed by atoms with E-state index in [-0.39, 0.29) is 17.6 Å². The van der Waals surface area contributed by atoms with E-state index in [9.17, 15) is 4.79 Å². The predicted octanol–water partition coefficient (Wildman–Crippen LogP) is 2.95. The fraction of sp³-hybridized carbons (Fsp3) is 0.158. The molecular weight excluding hydrogens is 486 g/mol. The summed E-state index contributed by atoms with van der Waals surface area (Å²) in [5, 5.41) is 15.2. The number of carbonyl (C=O) groups is 1. The van der Waals surface area contributed by atoms with Crippen molar-refractivity contribution in [3.8, 4) is 11.5 Å². The van der Waals surface area contributed by atoms with Crippen LogP contribution in [0, 0.1) is 0 Å². The maximum Gasteiger partial charge on any atom is 0.264 e. The van der Waals surface area contributed by atoms with Crippen LogP contribution in [0.15, 0.2) is 57.2 Å². The largest absolute Gasteiger partial charge is 0.497 e. The smallest absolute Gasteiger partial charge is 0.264 e. The number of nitrogens with one attached hydrogen (secondary N) is 2. The van der Waals surface area contributed by atoms with Gasteiger partial charge in [-0.1, -0.05) is 39.8 Å². The van der Waals surface area contributed by atoms with Crippen molar-refractivity contribution in [2.75, 3.05) is 36.6 Å². The Labute approximate surface area is 191 Å². The van der Waals surface area contributed by atoms with Gasteiger partial charge in [0.1, 0.15) is 11.5 Å². The van der Waals surface area contributed by atoms with Gasteiger partial charge in [0, 0.05) is 10.5 Å². The number of amides is 1. The Balaban J connectivity index is 1.54. The number of carbonyl (C=O) groups excluding carboxylic acids is 1. The van der Waals surface area contributed by atoms with Gasteiger partial charge in [-0.2, -0.15) is 5.10 Å². The average molecular weight is 506 g/mol. The van der Waals surface area contributed by atoms with Gasteiger partial charge in [0.05, 0.1) is 31.9 Å². The molecule has 0 saturated carbocycles.